The first-order valence-electron chi connectivity index (χ1n) is 8.85. The van der Waals surface area contributed by atoms with Gasteiger partial charge in [-0.15, -0.1) is 0 Å². The Hall–Kier alpha value is -0.837. The average Bonchev–Trinajstić information content (AvgIpc) is 2.72. The number of aliphatic hydroxyl groups excluding tert-OH is 8. The van der Waals surface area contributed by atoms with E-state index in [0.29, 0.717) is 0 Å². The van der Waals surface area contributed by atoms with E-state index in [1.54, 1.807) is 0 Å². The molecular formula is C16H30O14Zn. The topological polar surface area (TPSA) is 261 Å². The smallest absolute Gasteiger partial charge is 0.547 e. The van der Waals surface area contributed by atoms with Crippen LogP contribution in [0.15, 0.2) is 0 Å². The third-order valence-corrected chi connectivity index (χ3v) is 3.64. The van der Waals surface area contributed by atoms with E-state index in [0.717, 1.165) is 0 Å². The first-order valence-corrected chi connectivity index (χ1v) is 8.85. The summed E-state index contributed by atoms with van der Waals surface area (Å²) in [4.78, 5) is 21.0. The van der Waals surface area contributed by atoms with E-state index in [9.17, 15) is 40.2 Å². The minimum Gasteiger partial charge on any atom is -0.547 e. The van der Waals surface area contributed by atoms with Crippen molar-refractivity contribution in [1.29, 1.82) is 0 Å². The minimum atomic E-state index is -1.86. The van der Waals surface area contributed by atoms with Crippen LogP contribution in [0.25, 0.3) is 0 Å². The Balaban J connectivity index is -0.000000490. The largest absolute Gasteiger partial charge is 2.00 e. The summed E-state index contributed by atoms with van der Waals surface area (Å²) in [6.07, 6.45) is -14.1. The first kappa shape index (κ1) is 34.8. The molecule has 0 spiro atoms. The van der Waals surface area contributed by atoms with Gasteiger partial charge < -0.3 is 70.1 Å². The number of carboxylic acid groups (broad SMARTS) is 2. The van der Waals surface area contributed by atoms with Gasteiger partial charge in [0.1, 0.15) is 48.8 Å². The number of carboxylic acids is 2. The predicted molar refractivity (Wildman–Crippen MR) is 91.1 cm³/mol. The van der Waals surface area contributed by atoms with Crippen molar-refractivity contribution in [1.82, 2.24) is 0 Å². The summed E-state index contributed by atoms with van der Waals surface area (Å²) < 4.78 is 9.23. The molecule has 0 aromatic heterocycles. The molecule has 0 heterocycles. The van der Waals surface area contributed by atoms with Gasteiger partial charge in [-0.05, 0) is 13.8 Å². The number of rotatable bonds is 14. The monoisotopic (exact) mass is 510 g/mol. The van der Waals surface area contributed by atoms with Crippen molar-refractivity contribution in [2.45, 2.75) is 62.7 Å². The van der Waals surface area contributed by atoms with Crippen molar-refractivity contribution in [3.63, 3.8) is 0 Å². The molecule has 0 aliphatic carbocycles. The predicted octanol–water partition coefficient (Wildman–Crippen LogP) is -7.57. The fraction of sp³-hybridized carbons (Fsp3) is 0.875. The van der Waals surface area contributed by atoms with Crippen molar-refractivity contribution in [2.75, 3.05) is 26.4 Å². The summed E-state index contributed by atoms with van der Waals surface area (Å²) in [5.41, 5.74) is 0. The fourth-order valence-corrected chi connectivity index (χ4v) is 2.00. The molecule has 0 bridgehead atoms. The molecule has 0 aromatic rings. The third-order valence-electron chi connectivity index (χ3n) is 3.64. The van der Waals surface area contributed by atoms with Crippen LogP contribution in [0.5, 0.6) is 0 Å². The van der Waals surface area contributed by atoms with Crippen LogP contribution in [0.3, 0.4) is 0 Å². The van der Waals surface area contributed by atoms with Gasteiger partial charge in [-0.25, -0.2) is 0 Å². The normalized spacial score (nSPS) is 18.6. The van der Waals surface area contributed by atoms with Gasteiger partial charge in [-0.3, -0.25) is 0 Å². The number of aliphatic carboxylic acids is 2. The SMILES string of the molecule is CCOC(C(=O)[O-])C(O)C(O)C(O)CO.CCOC(C(=O)[O-])C(O)C(O)C(O)CO.[Zn+2]. The Morgan fingerprint density at radius 2 is 0.935 bits per heavy atom. The second kappa shape index (κ2) is 18.7. The molecule has 8 N–H and O–H groups in total. The molecule has 0 aromatic carbocycles. The molecule has 14 nitrogen and oxygen atoms in total. The molecular weight excluding hydrogens is 482 g/mol. The molecule has 0 saturated carbocycles. The summed E-state index contributed by atoms with van der Waals surface area (Å²) >= 11 is 0. The molecule has 0 aliphatic heterocycles. The average molecular weight is 512 g/mol. The Labute approximate surface area is 191 Å². The van der Waals surface area contributed by atoms with Gasteiger partial charge in [-0.1, -0.05) is 0 Å². The molecule has 0 rings (SSSR count). The number of aliphatic hydroxyl groups is 8. The van der Waals surface area contributed by atoms with E-state index >= 15 is 0 Å². The van der Waals surface area contributed by atoms with Crippen LogP contribution in [0, 0.1) is 0 Å². The van der Waals surface area contributed by atoms with E-state index in [-0.39, 0.29) is 32.7 Å². The van der Waals surface area contributed by atoms with Gasteiger partial charge in [0.25, 0.3) is 0 Å². The second-order valence-electron chi connectivity index (χ2n) is 5.85. The quantitative estimate of drug-likeness (QED) is 0.101. The van der Waals surface area contributed by atoms with Gasteiger partial charge in [0.2, 0.25) is 0 Å². The Kier molecular flexibility index (Phi) is 21.0. The summed E-state index contributed by atoms with van der Waals surface area (Å²) in [5.74, 6) is -3.40. The van der Waals surface area contributed by atoms with E-state index in [4.69, 9.17) is 20.4 Å². The van der Waals surface area contributed by atoms with Crippen molar-refractivity contribution in [2.24, 2.45) is 0 Å². The number of hydrogen-bond acceptors (Lipinski definition) is 14. The van der Waals surface area contributed by atoms with Crippen LogP contribution in [-0.2, 0) is 38.5 Å². The number of carbonyl (C=O) groups is 2. The maximum atomic E-state index is 10.5. The molecule has 0 radical (unpaired) electrons. The molecule has 0 saturated heterocycles. The van der Waals surface area contributed by atoms with Crippen LogP contribution in [0.1, 0.15) is 13.8 Å². The van der Waals surface area contributed by atoms with Gasteiger partial charge in [0.15, 0.2) is 0 Å². The Morgan fingerprint density at radius 1 is 0.677 bits per heavy atom. The van der Waals surface area contributed by atoms with Crippen molar-refractivity contribution < 1.29 is 89.6 Å². The van der Waals surface area contributed by atoms with Crippen LogP contribution in [0.4, 0.5) is 0 Å². The second-order valence-corrected chi connectivity index (χ2v) is 5.85. The first-order chi connectivity index (χ1) is 13.9. The molecule has 0 aliphatic rings. The van der Waals surface area contributed by atoms with Gasteiger partial charge in [0, 0.05) is 13.2 Å². The number of ether oxygens (including phenoxy) is 2. The standard InChI is InChI=1S/2C8H16O7.Zn/c2*1-2-15-7(8(13)14)6(12)5(11)4(10)3-9;/h2*4-7,9-12H,2-3H2,1H3,(H,13,14);/q;;+2/p-2. The van der Waals surface area contributed by atoms with E-state index in [2.05, 4.69) is 9.47 Å². The van der Waals surface area contributed by atoms with Crippen LogP contribution < -0.4 is 10.2 Å². The Morgan fingerprint density at radius 3 is 1.10 bits per heavy atom. The number of hydrogen-bond donors (Lipinski definition) is 8. The van der Waals surface area contributed by atoms with E-state index in [1.165, 1.54) is 13.8 Å². The van der Waals surface area contributed by atoms with E-state index < -0.39 is 74.0 Å². The van der Waals surface area contributed by atoms with Crippen LogP contribution in [-0.4, -0.2) is 128 Å². The molecule has 31 heavy (non-hydrogen) atoms. The van der Waals surface area contributed by atoms with Crippen molar-refractivity contribution >= 4 is 11.9 Å². The van der Waals surface area contributed by atoms with Gasteiger partial charge in [-0.2, -0.15) is 0 Å². The third kappa shape index (κ3) is 12.7. The Bertz CT molecular complexity index is 439. The molecule has 0 amide bonds. The molecule has 8 atom stereocenters. The van der Waals surface area contributed by atoms with Crippen LogP contribution in [0.2, 0.25) is 0 Å². The van der Waals surface area contributed by atoms with Crippen LogP contribution >= 0.6 is 0 Å². The van der Waals surface area contributed by atoms with Crippen molar-refractivity contribution in [3.05, 3.63) is 0 Å². The van der Waals surface area contributed by atoms with Gasteiger partial charge >= 0.3 is 19.5 Å². The zero-order valence-corrected chi connectivity index (χ0v) is 20.1. The fourth-order valence-electron chi connectivity index (χ4n) is 2.00. The summed E-state index contributed by atoms with van der Waals surface area (Å²) in [6.45, 7) is 1.39. The molecule has 8 unspecified atom stereocenters. The zero-order chi connectivity index (χ0) is 24.0. The molecule has 15 heteroatoms. The maximum Gasteiger partial charge on any atom is 2.00 e. The summed E-state index contributed by atoms with van der Waals surface area (Å²) in [7, 11) is 0. The van der Waals surface area contributed by atoms with Gasteiger partial charge in [0.05, 0.1) is 25.2 Å². The zero-order valence-electron chi connectivity index (χ0n) is 17.2. The molecule has 0 fully saturated rings. The van der Waals surface area contributed by atoms with E-state index in [1.807, 2.05) is 0 Å². The summed E-state index contributed by atoms with van der Waals surface area (Å²) in [5, 5.41) is 92.9. The summed E-state index contributed by atoms with van der Waals surface area (Å²) in [6, 6.07) is 0. The maximum absolute atomic E-state index is 10.5. The minimum absolute atomic E-state index is 0. The molecule has 180 valence electrons. The number of carbonyl (C=O) groups excluding carboxylic acids is 2. The van der Waals surface area contributed by atoms with Crippen molar-refractivity contribution in [3.8, 4) is 0 Å².